The molecule has 228 valence electrons. The second-order valence-corrected chi connectivity index (χ2v) is 12.2. The SMILES string of the molecule is C1=Cc2c(oc3cccc(-c4ccc5c(C6=NC(c7cccc8oc9ccccc9c78)=NC(c7ccccc7)N6)cccc5c4)c23)CN1. The van der Waals surface area contributed by atoms with Crippen LogP contribution in [0.15, 0.2) is 152 Å². The lowest BCUT2D eigenvalue weighted by molar-refractivity contribution is 0.532. The number of nitrogens with one attached hydrogen (secondary N) is 2. The number of nitrogens with zero attached hydrogens (tertiary/aromatic N) is 2. The number of aliphatic imine (C=N–C) groups is 2. The predicted octanol–water partition coefficient (Wildman–Crippen LogP) is 9.72. The van der Waals surface area contributed by atoms with Crippen LogP contribution in [-0.2, 0) is 6.54 Å². The zero-order chi connectivity index (χ0) is 31.6. The van der Waals surface area contributed by atoms with Crippen LogP contribution in [0.1, 0.15) is 34.2 Å². The minimum absolute atomic E-state index is 0.316. The zero-order valence-corrected chi connectivity index (χ0v) is 25.8. The lowest BCUT2D eigenvalue weighted by atomic mass is 9.94. The maximum absolute atomic E-state index is 6.23. The molecule has 2 aromatic heterocycles. The van der Waals surface area contributed by atoms with E-state index in [0.717, 1.165) is 88.7 Å². The predicted molar refractivity (Wildman–Crippen MR) is 194 cm³/mol. The van der Waals surface area contributed by atoms with Gasteiger partial charge in [-0.2, -0.15) is 0 Å². The summed E-state index contributed by atoms with van der Waals surface area (Å²) >= 11 is 0. The molecule has 4 heterocycles. The summed E-state index contributed by atoms with van der Waals surface area (Å²) in [6, 6.07) is 44.0. The summed E-state index contributed by atoms with van der Waals surface area (Å²) in [6.07, 6.45) is 3.79. The Morgan fingerprint density at radius 3 is 2.31 bits per heavy atom. The Bertz CT molecular complexity index is 2660. The number of benzene rings is 6. The van der Waals surface area contributed by atoms with Crippen LogP contribution in [0.5, 0.6) is 0 Å². The molecular weight excluding hydrogens is 592 g/mol. The number of furan rings is 2. The maximum Gasteiger partial charge on any atom is 0.160 e. The van der Waals surface area contributed by atoms with Crippen molar-refractivity contribution in [2.24, 2.45) is 9.98 Å². The Labute approximate surface area is 275 Å². The number of rotatable bonds is 4. The first-order valence-corrected chi connectivity index (χ1v) is 16.1. The Kier molecular flexibility index (Phi) is 5.90. The Morgan fingerprint density at radius 2 is 1.40 bits per heavy atom. The first kappa shape index (κ1) is 26.8. The van der Waals surface area contributed by atoms with Crippen molar-refractivity contribution in [1.82, 2.24) is 10.6 Å². The monoisotopic (exact) mass is 620 g/mol. The van der Waals surface area contributed by atoms with Gasteiger partial charge in [-0.25, -0.2) is 9.98 Å². The third-order valence-electron chi connectivity index (χ3n) is 9.41. The van der Waals surface area contributed by atoms with Gasteiger partial charge in [0.15, 0.2) is 5.84 Å². The summed E-state index contributed by atoms with van der Waals surface area (Å²) in [5.41, 5.74) is 9.04. The lowest BCUT2D eigenvalue weighted by Gasteiger charge is -2.24. The quantitative estimate of drug-likeness (QED) is 0.205. The molecule has 0 fully saturated rings. The molecule has 1 atom stereocenters. The summed E-state index contributed by atoms with van der Waals surface area (Å²) in [5, 5.41) is 12.4. The number of para-hydroxylation sites is 1. The molecule has 2 aliphatic heterocycles. The Hall–Kier alpha value is -6.40. The zero-order valence-electron chi connectivity index (χ0n) is 25.8. The van der Waals surface area contributed by atoms with E-state index in [-0.39, 0.29) is 6.17 Å². The second-order valence-electron chi connectivity index (χ2n) is 12.2. The maximum atomic E-state index is 6.23. The molecule has 6 aromatic carbocycles. The van der Waals surface area contributed by atoms with Gasteiger partial charge in [0.2, 0.25) is 0 Å². The highest BCUT2D eigenvalue weighted by Crippen LogP contribution is 2.38. The van der Waals surface area contributed by atoms with Crippen molar-refractivity contribution in [2.45, 2.75) is 12.7 Å². The molecule has 2 N–H and O–H groups in total. The number of amidine groups is 2. The average Bonchev–Trinajstić information content (AvgIpc) is 3.73. The molecule has 0 amide bonds. The van der Waals surface area contributed by atoms with Crippen molar-refractivity contribution < 1.29 is 8.83 Å². The number of fused-ring (bicyclic) bond motifs is 7. The molecule has 10 rings (SSSR count). The van der Waals surface area contributed by atoms with E-state index >= 15 is 0 Å². The van der Waals surface area contributed by atoms with E-state index in [1.165, 1.54) is 0 Å². The van der Waals surface area contributed by atoms with E-state index in [2.05, 4.69) is 89.5 Å². The third kappa shape index (κ3) is 4.19. The summed E-state index contributed by atoms with van der Waals surface area (Å²) < 4.78 is 12.5. The van der Waals surface area contributed by atoms with Gasteiger partial charge in [0.1, 0.15) is 34.5 Å². The number of hydrogen-bond donors (Lipinski definition) is 2. The number of hydrogen-bond acceptors (Lipinski definition) is 6. The van der Waals surface area contributed by atoms with Crippen LogP contribution in [0.4, 0.5) is 0 Å². The molecule has 0 spiro atoms. The summed E-state index contributed by atoms with van der Waals surface area (Å²) in [7, 11) is 0. The minimum Gasteiger partial charge on any atom is -0.459 e. The fourth-order valence-corrected chi connectivity index (χ4v) is 7.19. The van der Waals surface area contributed by atoms with E-state index in [9.17, 15) is 0 Å². The molecule has 1 unspecified atom stereocenters. The Morgan fingerprint density at radius 1 is 0.625 bits per heavy atom. The second kappa shape index (κ2) is 10.6. The average molecular weight is 621 g/mol. The summed E-state index contributed by atoms with van der Waals surface area (Å²) in [4.78, 5) is 10.4. The molecular formula is C42H28N4O2. The lowest BCUT2D eigenvalue weighted by Crippen LogP contribution is -2.33. The van der Waals surface area contributed by atoms with Gasteiger partial charge in [-0.15, -0.1) is 0 Å². The van der Waals surface area contributed by atoms with Crippen molar-refractivity contribution in [3.63, 3.8) is 0 Å². The normalized spacial score (nSPS) is 15.7. The molecule has 0 bridgehead atoms. The fourth-order valence-electron chi connectivity index (χ4n) is 7.19. The van der Waals surface area contributed by atoms with Gasteiger partial charge in [0.05, 0.1) is 6.54 Å². The molecule has 0 saturated carbocycles. The third-order valence-corrected chi connectivity index (χ3v) is 9.41. The van der Waals surface area contributed by atoms with Crippen LogP contribution < -0.4 is 10.6 Å². The van der Waals surface area contributed by atoms with Crippen molar-refractivity contribution in [1.29, 1.82) is 0 Å². The van der Waals surface area contributed by atoms with Crippen LogP contribution in [0.25, 0.3) is 60.9 Å². The minimum atomic E-state index is -0.316. The molecule has 2 aliphatic rings. The molecule has 0 radical (unpaired) electrons. The molecule has 0 saturated heterocycles. The van der Waals surface area contributed by atoms with Crippen molar-refractivity contribution in [2.75, 3.05) is 0 Å². The first-order chi connectivity index (χ1) is 23.8. The van der Waals surface area contributed by atoms with Gasteiger partial charge < -0.3 is 19.5 Å². The molecule has 48 heavy (non-hydrogen) atoms. The standard InChI is InChI=1S/C42H28N4O2/c1-2-9-25(10-3-1)40-44-41(46-42(45-40)33-15-8-18-36-39(33)31-12-4-5-16-34(31)47-36)30-14-6-11-26-23-27(19-20-28(26)30)29-13-7-17-35-38(29)32-21-22-43-24-37(32)48-35/h1-23,40,43H,24H2,(H,44,45,46). The Balaban J connectivity index is 1.13. The van der Waals surface area contributed by atoms with Crippen molar-refractivity contribution in [3.05, 3.63) is 162 Å². The van der Waals surface area contributed by atoms with E-state index in [4.69, 9.17) is 18.8 Å². The van der Waals surface area contributed by atoms with Gasteiger partial charge in [-0.1, -0.05) is 103 Å². The van der Waals surface area contributed by atoms with Crippen LogP contribution >= 0.6 is 0 Å². The van der Waals surface area contributed by atoms with Crippen LogP contribution in [0.2, 0.25) is 0 Å². The molecule has 0 aliphatic carbocycles. The van der Waals surface area contributed by atoms with Crippen molar-refractivity contribution >= 4 is 61.4 Å². The van der Waals surface area contributed by atoms with Gasteiger partial charge in [-0.3, -0.25) is 0 Å². The molecule has 6 nitrogen and oxygen atoms in total. The van der Waals surface area contributed by atoms with E-state index in [1.807, 2.05) is 60.8 Å². The van der Waals surface area contributed by atoms with Crippen molar-refractivity contribution in [3.8, 4) is 11.1 Å². The fraction of sp³-hybridized carbons (Fsp3) is 0.0476. The van der Waals surface area contributed by atoms with Gasteiger partial charge >= 0.3 is 0 Å². The summed E-state index contributed by atoms with van der Waals surface area (Å²) in [6.45, 7) is 0.691. The molecule has 8 aromatic rings. The van der Waals surface area contributed by atoms with Crippen LogP contribution in [0.3, 0.4) is 0 Å². The van der Waals surface area contributed by atoms with E-state index in [1.54, 1.807) is 0 Å². The summed E-state index contributed by atoms with van der Waals surface area (Å²) in [5.74, 6) is 2.41. The van der Waals surface area contributed by atoms with E-state index in [0.29, 0.717) is 12.4 Å². The van der Waals surface area contributed by atoms with Gasteiger partial charge in [0, 0.05) is 32.8 Å². The van der Waals surface area contributed by atoms with Crippen LogP contribution in [-0.4, -0.2) is 11.7 Å². The van der Waals surface area contributed by atoms with Gasteiger partial charge in [-0.05, 0) is 64.0 Å². The highest BCUT2D eigenvalue weighted by atomic mass is 16.3. The topological polar surface area (TPSA) is 75.1 Å². The highest BCUT2D eigenvalue weighted by Gasteiger charge is 2.25. The first-order valence-electron chi connectivity index (χ1n) is 16.1. The molecule has 6 heteroatoms. The highest BCUT2D eigenvalue weighted by molar-refractivity contribution is 6.23. The largest absolute Gasteiger partial charge is 0.459 e. The smallest absolute Gasteiger partial charge is 0.160 e. The van der Waals surface area contributed by atoms with E-state index < -0.39 is 0 Å². The van der Waals surface area contributed by atoms with Crippen LogP contribution in [0, 0.1) is 0 Å². The van der Waals surface area contributed by atoms with Gasteiger partial charge in [0.25, 0.3) is 0 Å².